The average Bonchev–Trinajstić information content (AvgIpc) is 3.30. The molecule has 0 aliphatic rings. The number of hydrogen-bond acceptors (Lipinski definition) is 2. The van der Waals surface area contributed by atoms with Crippen molar-refractivity contribution >= 4 is 58.4 Å². The number of anilines is 6. The van der Waals surface area contributed by atoms with Gasteiger partial charge < -0.3 is 9.80 Å². The Morgan fingerprint density at radius 1 is 0.290 bits per heavy atom. The van der Waals surface area contributed by atoms with Gasteiger partial charge in [0.05, 0.1) is 0 Å². The minimum atomic E-state index is 1.10. The third-order valence-corrected chi connectivity index (χ3v) is 11.1. The van der Waals surface area contributed by atoms with Crippen LogP contribution in [-0.2, 0) is 0 Å². The molecule has 0 aliphatic carbocycles. The Morgan fingerprint density at radius 3 is 0.935 bits per heavy atom. The van der Waals surface area contributed by atoms with Gasteiger partial charge in [0, 0.05) is 34.1 Å². The molecule has 0 atom stereocenters. The molecule has 8 rings (SSSR count). The number of aryl methyl sites for hydroxylation is 4. The van der Waals surface area contributed by atoms with Crippen LogP contribution in [0.2, 0.25) is 0 Å². The molecule has 0 saturated carbocycles. The largest absolute Gasteiger partial charge is 0.311 e. The molecule has 0 spiro atoms. The molecule has 8 aromatic rings. The highest BCUT2D eigenvalue weighted by Gasteiger charge is 2.15. The summed E-state index contributed by atoms with van der Waals surface area (Å²) in [4.78, 5) is 4.62. The summed E-state index contributed by atoms with van der Waals surface area (Å²) in [7, 11) is 0. The molecule has 62 heavy (non-hydrogen) atoms. The maximum Gasteiger partial charge on any atom is 0.0462 e. The molecule has 302 valence electrons. The highest BCUT2D eigenvalue weighted by Crippen LogP contribution is 2.38. The lowest BCUT2D eigenvalue weighted by molar-refractivity contribution is 1.28. The smallest absolute Gasteiger partial charge is 0.0462 e. The van der Waals surface area contributed by atoms with Crippen LogP contribution in [0, 0.1) is 27.7 Å². The van der Waals surface area contributed by atoms with E-state index in [0.717, 1.165) is 56.4 Å². The highest BCUT2D eigenvalue weighted by atomic mass is 15.1. The minimum Gasteiger partial charge on any atom is -0.311 e. The fourth-order valence-electron chi connectivity index (χ4n) is 7.80. The molecule has 0 unspecified atom stereocenters. The molecule has 0 saturated heterocycles. The van der Waals surface area contributed by atoms with Gasteiger partial charge in [0.1, 0.15) is 0 Å². The summed E-state index contributed by atoms with van der Waals surface area (Å²) < 4.78 is 0. The normalized spacial score (nSPS) is 11.6. The van der Waals surface area contributed by atoms with E-state index in [1.54, 1.807) is 0 Å². The summed E-state index contributed by atoms with van der Waals surface area (Å²) in [6.07, 6.45) is 17.1. The Labute approximate surface area is 368 Å². The molecule has 8 aromatic carbocycles. The van der Waals surface area contributed by atoms with Crippen LogP contribution < -0.4 is 9.80 Å². The third kappa shape index (κ3) is 10.2. The van der Waals surface area contributed by atoms with Crippen LogP contribution in [0.3, 0.4) is 0 Å². The molecule has 0 aromatic heterocycles. The number of rotatable bonds is 13. The maximum absolute atomic E-state index is 2.31. The molecule has 0 bridgehead atoms. The number of hydrogen-bond donors (Lipinski definition) is 0. The molecule has 0 heterocycles. The summed E-state index contributed by atoms with van der Waals surface area (Å²) in [6.45, 7) is 8.58. The van der Waals surface area contributed by atoms with Crippen LogP contribution in [-0.4, -0.2) is 0 Å². The van der Waals surface area contributed by atoms with Crippen LogP contribution in [0.5, 0.6) is 0 Å². The van der Waals surface area contributed by atoms with Gasteiger partial charge in [-0.3, -0.25) is 0 Å². The average molecular weight is 801 g/mol. The van der Waals surface area contributed by atoms with Gasteiger partial charge in [0.2, 0.25) is 0 Å². The predicted octanol–water partition coefficient (Wildman–Crippen LogP) is 17.0. The second-order valence-electron chi connectivity index (χ2n) is 15.8. The summed E-state index contributed by atoms with van der Waals surface area (Å²) in [6, 6.07) is 69.5. The van der Waals surface area contributed by atoms with Crippen LogP contribution in [0.25, 0.3) is 35.4 Å². The van der Waals surface area contributed by atoms with Crippen LogP contribution in [0.15, 0.2) is 218 Å². The third-order valence-electron chi connectivity index (χ3n) is 11.1. The molecular weight excluding hydrogens is 749 g/mol. The first-order valence-electron chi connectivity index (χ1n) is 21.3. The van der Waals surface area contributed by atoms with Crippen LogP contribution in [0.1, 0.15) is 44.5 Å². The molecular formula is C60H52N2. The summed E-state index contributed by atoms with van der Waals surface area (Å²) in [5, 5.41) is 0. The Balaban J connectivity index is 0.983. The summed E-state index contributed by atoms with van der Waals surface area (Å²) in [5.41, 5.74) is 18.9. The van der Waals surface area contributed by atoms with Crippen molar-refractivity contribution in [3.8, 4) is 11.1 Å². The Hall–Kier alpha value is -7.68. The van der Waals surface area contributed by atoms with E-state index in [4.69, 9.17) is 0 Å². The molecule has 2 heteroatoms. The number of allylic oxidation sites excluding steroid dienone is 4. The Morgan fingerprint density at radius 2 is 0.597 bits per heavy atom. The van der Waals surface area contributed by atoms with E-state index >= 15 is 0 Å². The second kappa shape index (κ2) is 19.6. The standard InChI is InChI=1S/C60H52N2/c1-45-23-29-51(47(3)43-45)17-13-11-15-49-25-35-57(36-26-49)61(55-19-7-5-8-20-55)59-39-31-53(32-40-59)54-33-41-60(42-34-54)62(56-21-9-6-10-22-56)58-37-27-50(28-38-58)16-12-14-18-52-30-24-46(2)44-48(52)4/h5-44H,1-4H3. The van der Waals surface area contributed by atoms with Crippen molar-refractivity contribution in [1.29, 1.82) is 0 Å². The molecule has 2 nitrogen and oxygen atoms in total. The van der Waals surface area contributed by atoms with Gasteiger partial charge in [0.25, 0.3) is 0 Å². The lowest BCUT2D eigenvalue weighted by Gasteiger charge is -2.26. The molecule has 0 N–H and O–H groups in total. The second-order valence-corrected chi connectivity index (χ2v) is 15.8. The van der Waals surface area contributed by atoms with Crippen molar-refractivity contribution < 1.29 is 0 Å². The van der Waals surface area contributed by atoms with E-state index < -0.39 is 0 Å². The Bertz CT molecular complexity index is 2630. The topological polar surface area (TPSA) is 6.48 Å². The fourth-order valence-corrected chi connectivity index (χ4v) is 7.80. The van der Waals surface area contributed by atoms with Crippen molar-refractivity contribution in [2.24, 2.45) is 0 Å². The van der Waals surface area contributed by atoms with Gasteiger partial charge in [-0.25, -0.2) is 0 Å². The van der Waals surface area contributed by atoms with Crippen molar-refractivity contribution in [1.82, 2.24) is 0 Å². The number of benzene rings is 8. The maximum atomic E-state index is 2.31. The first-order valence-corrected chi connectivity index (χ1v) is 21.3. The van der Waals surface area contributed by atoms with E-state index in [9.17, 15) is 0 Å². The van der Waals surface area contributed by atoms with Crippen LogP contribution in [0.4, 0.5) is 34.1 Å². The first-order chi connectivity index (χ1) is 30.4. The summed E-state index contributed by atoms with van der Waals surface area (Å²) >= 11 is 0. The van der Waals surface area contributed by atoms with Gasteiger partial charge in [-0.2, -0.15) is 0 Å². The first kappa shape index (κ1) is 41.1. The molecule has 0 amide bonds. The van der Waals surface area contributed by atoms with E-state index in [1.165, 1.54) is 33.4 Å². The van der Waals surface area contributed by atoms with E-state index in [2.05, 4.69) is 280 Å². The van der Waals surface area contributed by atoms with Crippen molar-refractivity contribution in [3.63, 3.8) is 0 Å². The minimum absolute atomic E-state index is 1.10. The fraction of sp³-hybridized carbons (Fsp3) is 0.0667. The quantitative estimate of drug-likeness (QED) is 0.107. The zero-order valence-electron chi connectivity index (χ0n) is 36.0. The van der Waals surface area contributed by atoms with E-state index in [1.807, 2.05) is 0 Å². The van der Waals surface area contributed by atoms with Crippen LogP contribution >= 0.6 is 0 Å². The zero-order valence-corrected chi connectivity index (χ0v) is 36.0. The van der Waals surface area contributed by atoms with E-state index in [-0.39, 0.29) is 0 Å². The van der Waals surface area contributed by atoms with Crippen molar-refractivity contribution in [2.45, 2.75) is 27.7 Å². The lowest BCUT2D eigenvalue weighted by atomic mass is 10.0. The van der Waals surface area contributed by atoms with Gasteiger partial charge in [-0.1, -0.05) is 181 Å². The summed E-state index contributed by atoms with van der Waals surface area (Å²) in [5.74, 6) is 0. The highest BCUT2D eigenvalue weighted by molar-refractivity contribution is 5.81. The predicted molar refractivity (Wildman–Crippen MR) is 269 cm³/mol. The van der Waals surface area contributed by atoms with Gasteiger partial charge in [-0.05, 0) is 145 Å². The molecule has 0 fully saturated rings. The van der Waals surface area contributed by atoms with Gasteiger partial charge >= 0.3 is 0 Å². The monoisotopic (exact) mass is 800 g/mol. The van der Waals surface area contributed by atoms with E-state index in [0.29, 0.717) is 0 Å². The molecule has 0 aliphatic heterocycles. The van der Waals surface area contributed by atoms with Crippen molar-refractivity contribution in [3.05, 3.63) is 263 Å². The Kier molecular flexibility index (Phi) is 13.0. The van der Waals surface area contributed by atoms with Gasteiger partial charge in [0.15, 0.2) is 0 Å². The lowest BCUT2D eigenvalue weighted by Crippen LogP contribution is -2.10. The SMILES string of the molecule is Cc1ccc(C=CC=Cc2ccc(N(c3ccccc3)c3ccc(-c4ccc(N(c5ccccc5)c5ccc(C=CC=Cc6ccc(C)cc6C)cc5)cc4)cc3)cc2)c(C)c1. The van der Waals surface area contributed by atoms with Gasteiger partial charge in [-0.15, -0.1) is 0 Å². The molecule has 0 radical (unpaired) electrons. The number of para-hydroxylation sites is 2. The number of nitrogens with zero attached hydrogens (tertiary/aromatic N) is 2. The van der Waals surface area contributed by atoms with Crippen molar-refractivity contribution in [2.75, 3.05) is 9.80 Å². The zero-order chi connectivity index (χ0) is 42.7.